The summed E-state index contributed by atoms with van der Waals surface area (Å²) in [6, 6.07) is 20.9. The molecule has 4 aromatic rings. The average Bonchev–Trinajstić information content (AvgIpc) is 3.56. The molecule has 6 rings (SSSR count). The third kappa shape index (κ3) is 6.03. The first-order valence-electron chi connectivity index (χ1n) is 13.2. The fourth-order valence-corrected chi connectivity index (χ4v) is 6.02. The van der Waals surface area contributed by atoms with Crippen LogP contribution in [0.2, 0.25) is 10.3 Å². The Hall–Kier alpha value is -2.54. The van der Waals surface area contributed by atoms with Gasteiger partial charge in [0, 0.05) is 24.5 Å². The van der Waals surface area contributed by atoms with E-state index in [1.54, 1.807) is 0 Å². The van der Waals surface area contributed by atoms with E-state index < -0.39 is 6.10 Å². The van der Waals surface area contributed by atoms with Crippen LogP contribution >= 0.6 is 23.2 Å². The van der Waals surface area contributed by atoms with Crippen LogP contribution < -0.4 is 0 Å². The molecule has 2 aliphatic heterocycles. The number of benzene rings is 2. The number of aliphatic hydroxyl groups excluding tert-OH is 1. The van der Waals surface area contributed by atoms with Crippen molar-refractivity contribution in [2.24, 2.45) is 0 Å². The molecule has 0 aliphatic carbocycles. The number of hydrogen-bond donors (Lipinski definition) is 1. The first-order valence-corrected chi connectivity index (χ1v) is 14.0. The van der Waals surface area contributed by atoms with Crippen molar-refractivity contribution in [3.8, 4) is 0 Å². The third-order valence-corrected chi connectivity index (χ3v) is 8.28. The summed E-state index contributed by atoms with van der Waals surface area (Å²) >= 11 is 11.9. The zero-order chi connectivity index (χ0) is 26.6. The largest absolute Gasteiger partial charge is 0.384 e. The molecule has 38 heavy (non-hydrogen) atoms. The summed E-state index contributed by atoms with van der Waals surface area (Å²) in [4.78, 5) is 13.1. The van der Waals surface area contributed by atoms with Gasteiger partial charge in [-0.1, -0.05) is 65.7 Å². The van der Waals surface area contributed by atoms with E-state index in [2.05, 4.69) is 64.2 Å². The van der Waals surface area contributed by atoms with E-state index in [1.165, 1.54) is 30.3 Å². The van der Waals surface area contributed by atoms with Crippen LogP contribution in [0.25, 0.3) is 10.8 Å². The van der Waals surface area contributed by atoms with Gasteiger partial charge in [0.1, 0.15) is 16.4 Å². The molecule has 4 heterocycles. The Morgan fingerprint density at radius 3 is 2.13 bits per heavy atom. The number of hydrogen-bond acceptors (Lipinski definition) is 5. The molecule has 0 unspecified atom stereocenters. The van der Waals surface area contributed by atoms with Gasteiger partial charge >= 0.3 is 0 Å². The number of likely N-dealkylation sites (tertiary alicyclic amines) is 2. The molecule has 0 saturated carbocycles. The quantitative estimate of drug-likeness (QED) is 0.272. The van der Waals surface area contributed by atoms with Crippen LogP contribution in [0.5, 0.6) is 0 Å². The van der Waals surface area contributed by atoms with Gasteiger partial charge in [-0.25, -0.2) is 9.97 Å². The highest BCUT2D eigenvalue weighted by molar-refractivity contribution is 6.29. The molecule has 1 N–H and O–H groups in total. The fourth-order valence-electron chi connectivity index (χ4n) is 5.75. The summed E-state index contributed by atoms with van der Waals surface area (Å²) in [6.07, 6.45) is 7.76. The monoisotopic (exact) mass is 548 g/mol. The SMILES string of the molecule is CN1CCC[C@H]1c1ccc(Cl)nc1.CN1CCC[C@H]1c1cnc(Cl)cc1[C@@H](O)c1ccc2ccccc2c1. The van der Waals surface area contributed by atoms with Crippen molar-refractivity contribution in [3.05, 3.63) is 106 Å². The van der Waals surface area contributed by atoms with E-state index in [0.29, 0.717) is 16.3 Å². The van der Waals surface area contributed by atoms with Gasteiger partial charge in [0.2, 0.25) is 0 Å². The molecule has 198 valence electrons. The van der Waals surface area contributed by atoms with Crippen LogP contribution in [-0.2, 0) is 0 Å². The van der Waals surface area contributed by atoms with E-state index in [9.17, 15) is 5.11 Å². The Labute approximate surface area is 235 Å². The van der Waals surface area contributed by atoms with Crippen LogP contribution in [0.15, 0.2) is 73.1 Å². The van der Waals surface area contributed by atoms with Crippen LogP contribution in [0.1, 0.15) is 66.1 Å². The van der Waals surface area contributed by atoms with Gasteiger partial charge in [-0.15, -0.1) is 0 Å². The zero-order valence-electron chi connectivity index (χ0n) is 21.9. The van der Waals surface area contributed by atoms with Crippen LogP contribution in [0.4, 0.5) is 0 Å². The van der Waals surface area contributed by atoms with Gasteiger partial charge in [-0.3, -0.25) is 9.80 Å². The maximum atomic E-state index is 11.1. The van der Waals surface area contributed by atoms with Gasteiger partial charge in [0.15, 0.2) is 0 Å². The maximum Gasteiger partial charge on any atom is 0.129 e. The van der Waals surface area contributed by atoms with E-state index in [-0.39, 0.29) is 6.04 Å². The number of aliphatic hydroxyl groups is 1. The second kappa shape index (κ2) is 12.1. The molecule has 0 spiro atoms. The van der Waals surface area contributed by atoms with E-state index >= 15 is 0 Å². The summed E-state index contributed by atoms with van der Waals surface area (Å²) in [5, 5.41) is 14.4. The molecule has 0 amide bonds. The topological polar surface area (TPSA) is 52.5 Å². The second-order valence-electron chi connectivity index (χ2n) is 10.3. The molecule has 7 heteroatoms. The van der Waals surface area contributed by atoms with E-state index in [0.717, 1.165) is 41.5 Å². The Morgan fingerprint density at radius 2 is 1.47 bits per heavy atom. The zero-order valence-corrected chi connectivity index (χ0v) is 23.4. The average molecular weight is 550 g/mol. The first kappa shape index (κ1) is 27.0. The lowest BCUT2D eigenvalue weighted by Gasteiger charge is -2.24. The minimum Gasteiger partial charge on any atom is -0.384 e. The summed E-state index contributed by atoms with van der Waals surface area (Å²) in [6.45, 7) is 2.26. The molecule has 2 aliphatic rings. The lowest BCUT2D eigenvalue weighted by molar-refractivity contribution is 0.215. The number of halogens is 2. The highest BCUT2D eigenvalue weighted by atomic mass is 35.5. The van der Waals surface area contributed by atoms with Gasteiger partial charge in [-0.2, -0.15) is 0 Å². The molecule has 2 saturated heterocycles. The molecular weight excluding hydrogens is 515 g/mol. The molecule has 2 aromatic carbocycles. The first-order chi connectivity index (χ1) is 18.4. The van der Waals surface area contributed by atoms with Crippen molar-refractivity contribution in [2.75, 3.05) is 27.2 Å². The Balaban J connectivity index is 0.000000190. The van der Waals surface area contributed by atoms with Gasteiger partial charge in [-0.05, 0) is 104 Å². The van der Waals surface area contributed by atoms with E-state index in [1.807, 2.05) is 42.7 Å². The Kier molecular flexibility index (Phi) is 8.61. The molecular formula is C31H34Cl2N4O. The van der Waals surface area contributed by atoms with Crippen molar-refractivity contribution in [3.63, 3.8) is 0 Å². The molecule has 5 nitrogen and oxygen atoms in total. The number of nitrogens with zero attached hydrogens (tertiary/aromatic N) is 4. The highest BCUT2D eigenvalue weighted by Crippen LogP contribution is 2.37. The number of aromatic nitrogens is 2. The third-order valence-electron chi connectivity index (χ3n) is 7.85. The van der Waals surface area contributed by atoms with Gasteiger partial charge in [0.25, 0.3) is 0 Å². The smallest absolute Gasteiger partial charge is 0.129 e. The summed E-state index contributed by atoms with van der Waals surface area (Å²) in [5.41, 5.74) is 4.09. The van der Waals surface area contributed by atoms with Crippen molar-refractivity contribution >= 4 is 34.0 Å². The van der Waals surface area contributed by atoms with E-state index in [4.69, 9.17) is 23.2 Å². The standard InChI is InChI=1S/C21H21ClN2O.C10H13ClN2/c1-24-10-4-7-19(24)18-13-23-20(22)12-17(18)21(25)16-9-8-14-5-2-3-6-15(14)11-16;1-13-6-2-3-9(13)8-4-5-10(11)12-7-8/h2-3,5-6,8-9,11-13,19,21,25H,4,7,10H2,1H3;4-5,7,9H,2-3,6H2,1H3/t19-,21-;9-/m00/s1. The predicted molar refractivity (Wildman–Crippen MR) is 156 cm³/mol. The maximum absolute atomic E-state index is 11.1. The number of fused-ring (bicyclic) bond motifs is 1. The van der Waals surface area contributed by atoms with Crippen molar-refractivity contribution in [1.82, 2.24) is 19.8 Å². The number of pyridine rings is 2. The fraction of sp³-hybridized carbons (Fsp3) is 0.355. The van der Waals surface area contributed by atoms with Crippen LogP contribution in [0, 0.1) is 0 Å². The summed E-state index contributed by atoms with van der Waals surface area (Å²) in [7, 11) is 4.28. The lowest BCUT2D eigenvalue weighted by Crippen LogP contribution is -2.20. The van der Waals surface area contributed by atoms with Crippen molar-refractivity contribution in [2.45, 2.75) is 43.9 Å². The van der Waals surface area contributed by atoms with Crippen molar-refractivity contribution in [1.29, 1.82) is 0 Å². The van der Waals surface area contributed by atoms with Gasteiger partial charge < -0.3 is 5.11 Å². The highest BCUT2D eigenvalue weighted by Gasteiger charge is 2.28. The number of rotatable bonds is 4. The summed E-state index contributed by atoms with van der Waals surface area (Å²) < 4.78 is 0. The second-order valence-corrected chi connectivity index (χ2v) is 11.1. The Morgan fingerprint density at radius 1 is 0.789 bits per heavy atom. The molecule has 0 bridgehead atoms. The minimum atomic E-state index is -0.714. The minimum absolute atomic E-state index is 0.287. The van der Waals surface area contributed by atoms with Crippen LogP contribution in [-0.4, -0.2) is 52.1 Å². The lowest BCUT2D eigenvalue weighted by atomic mass is 9.92. The van der Waals surface area contributed by atoms with Crippen molar-refractivity contribution < 1.29 is 5.11 Å². The molecule has 2 fully saturated rings. The Bertz CT molecular complexity index is 1380. The van der Waals surface area contributed by atoms with Gasteiger partial charge in [0.05, 0.1) is 0 Å². The predicted octanol–water partition coefficient (Wildman–Crippen LogP) is 7.24. The van der Waals surface area contributed by atoms with Crippen LogP contribution in [0.3, 0.4) is 0 Å². The summed E-state index contributed by atoms with van der Waals surface area (Å²) in [5.74, 6) is 0. The molecule has 2 aromatic heterocycles. The molecule has 3 atom stereocenters. The molecule has 0 radical (unpaired) electrons. The normalized spacial score (nSPS) is 20.9.